The molecule has 0 saturated carbocycles. The van der Waals surface area contributed by atoms with E-state index in [2.05, 4.69) is 24.3 Å². The first-order valence-corrected chi connectivity index (χ1v) is 9.38. The van der Waals surface area contributed by atoms with Crippen molar-refractivity contribution in [2.24, 2.45) is 0 Å². The molecule has 4 rings (SSSR count). The highest BCUT2D eigenvalue weighted by molar-refractivity contribution is 5.83. The van der Waals surface area contributed by atoms with E-state index in [9.17, 15) is 0 Å². The van der Waals surface area contributed by atoms with Gasteiger partial charge in [0.2, 0.25) is 5.75 Å². The topological polar surface area (TPSA) is 49.5 Å². The lowest BCUT2D eigenvalue weighted by atomic mass is 10.0. The molecule has 5 nitrogen and oxygen atoms in total. The SMILES string of the molecule is COc1cc2c(c(OC)c1OC)Cc1cc(CCCOCC3CO3)ccc1-2. The van der Waals surface area contributed by atoms with Crippen molar-refractivity contribution >= 4 is 0 Å². The van der Waals surface area contributed by atoms with Crippen molar-refractivity contribution in [3.05, 3.63) is 41.0 Å². The van der Waals surface area contributed by atoms with Gasteiger partial charge < -0.3 is 23.7 Å². The van der Waals surface area contributed by atoms with Crippen molar-refractivity contribution in [2.75, 3.05) is 41.2 Å². The van der Waals surface area contributed by atoms with Gasteiger partial charge in [0.1, 0.15) is 6.10 Å². The van der Waals surface area contributed by atoms with Crippen LogP contribution in [0.3, 0.4) is 0 Å². The predicted octanol–water partition coefficient (Wildman–Crippen LogP) is 3.63. The number of ether oxygens (including phenoxy) is 5. The summed E-state index contributed by atoms with van der Waals surface area (Å²) >= 11 is 0. The summed E-state index contributed by atoms with van der Waals surface area (Å²) in [7, 11) is 4.98. The standard InChI is InChI=1S/C22H26O5/c1-23-20-11-18-17-7-6-14(5-4-8-26-12-16-13-27-16)9-15(17)10-19(18)21(24-2)22(20)25-3/h6-7,9,11,16H,4-5,8,10,12-13H2,1-3H3. The molecule has 0 amide bonds. The molecule has 1 fully saturated rings. The van der Waals surface area contributed by atoms with Crippen LogP contribution in [0.1, 0.15) is 23.1 Å². The van der Waals surface area contributed by atoms with Gasteiger partial charge in [0.05, 0.1) is 34.5 Å². The Hall–Kier alpha value is -2.24. The molecule has 0 spiro atoms. The van der Waals surface area contributed by atoms with Crippen molar-refractivity contribution in [1.82, 2.24) is 0 Å². The number of hydrogen-bond donors (Lipinski definition) is 0. The van der Waals surface area contributed by atoms with Crippen LogP contribution in [0.2, 0.25) is 0 Å². The van der Waals surface area contributed by atoms with Crippen LogP contribution in [0.5, 0.6) is 17.2 Å². The van der Waals surface area contributed by atoms with Gasteiger partial charge >= 0.3 is 0 Å². The summed E-state index contributed by atoms with van der Waals surface area (Å²) in [4.78, 5) is 0. The summed E-state index contributed by atoms with van der Waals surface area (Å²) < 4.78 is 27.5. The van der Waals surface area contributed by atoms with Crippen LogP contribution < -0.4 is 14.2 Å². The minimum absolute atomic E-state index is 0.340. The number of aryl methyl sites for hydroxylation is 1. The third kappa shape index (κ3) is 3.62. The zero-order valence-electron chi connectivity index (χ0n) is 16.2. The highest BCUT2D eigenvalue weighted by atomic mass is 16.6. The van der Waals surface area contributed by atoms with Crippen LogP contribution in [0.4, 0.5) is 0 Å². The summed E-state index contributed by atoms with van der Waals surface area (Å²) in [6, 6.07) is 8.77. The second-order valence-electron chi connectivity index (χ2n) is 6.97. The molecule has 5 heteroatoms. The molecule has 1 aliphatic heterocycles. The van der Waals surface area contributed by atoms with E-state index in [1.807, 2.05) is 0 Å². The van der Waals surface area contributed by atoms with E-state index in [-0.39, 0.29) is 0 Å². The molecule has 144 valence electrons. The monoisotopic (exact) mass is 370 g/mol. The van der Waals surface area contributed by atoms with Gasteiger partial charge in [-0.2, -0.15) is 0 Å². The summed E-state index contributed by atoms with van der Waals surface area (Å²) in [5.41, 5.74) is 6.23. The Kier molecular flexibility index (Phi) is 5.23. The molecular formula is C22H26O5. The first kappa shape index (κ1) is 18.1. The highest BCUT2D eigenvalue weighted by Crippen LogP contribution is 2.50. The summed E-state index contributed by atoms with van der Waals surface area (Å²) in [5, 5.41) is 0. The minimum Gasteiger partial charge on any atom is -0.493 e. The second kappa shape index (κ2) is 7.79. The van der Waals surface area contributed by atoms with Gasteiger partial charge in [0.15, 0.2) is 11.5 Å². The lowest BCUT2D eigenvalue weighted by molar-refractivity contribution is 0.114. The van der Waals surface area contributed by atoms with Crippen molar-refractivity contribution in [3.63, 3.8) is 0 Å². The molecule has 1 atom stereocenters. The van der Waals surface area contributed by atoms with Gasteiger partial charge in [-0.3, -0.25) is 0 Å². The van der Waals surface area contributed by atoms with Crippen LogP contribution in [0.25, 0.3) is 11.1 Å². The van der Waals surface area contributed by atoms with Crippen LogP contribution >= 0.6 is 0 Å². The van der Waals surface area contributed by atoms with Crippen molar-refractivity contribution in [1.29, 1.82) is 0 Å². The maximum Gasteiger partial charge on any atom is 0.203 e. The lowest BCUT2D eigenvalue weighted by Crippen LogP contribution is -2.03. The molecule has 1 unspecified atom stereocenters. The van der Waals surface area contributed by atoms with E-state index in [1.54, 1.807) is 21.3 Å². The Morgan fingerprint density at radius 1 is 1.00 bits per heavy atom. The molecule has 1 aliphatic carbocycles. The Labute approximate surface area is 160 Å². The highest BCUT2D eigenvalue weighted by Gasteiger charge is 2.27. The maximum absolute atomic E-state index is 5.67. The zero-order chi connectivity index (χ0) is 18.8. The number of fused-ring (bicyclic) bond motifs is 3. The van der Waals surface area contributed by atoms with E-state index < -0.39 is 0 Å². The number of benzene rings is 2. The van der Waals surface area contributed by atoms with Gasteiger partial charge in [0, 0.05) is 18.6 Å². The Bertz CT molecular complexity index is 826. The third-order valence-corrected chi connectivity index (χ3v) is 5.22. The quantitative estimate of drug-likeness (QED) is 0.425. The molecular weight excluding hydrogens is 344 g/mol. The normalized spacial score (nSPS) is 16.6. The smallest absolute Gasteiger partial charge is 0.203 e. The lowest BCUT2D eigenvalue weighted by Gasteiger charge is -2.16. The molecule has 2 aliphatic rings. The van der Waals surface area contributed by atoms with Gasteiger partial charge in [-0.15, -0.1) is 0 Å². The molecule has 0 aromatic heterocycles. The molecule has 0 bridgehead atoms. The van der Waals surface area contributed by atoms with E-state index in [4.69, 9.17) is 23.7 Å². The molecule has 0 radical (unpaired) electrons. The van der Waals surface area contributed by atoms with Crippen LogP contribution in [-0.2, 0) is 22.3 Å². The number of epoxide rings is 1. The second-order valence-corrected chi connectivity index (χ2v) is 6.97. The minimum atomic E-state index is 0.340. The van der Waals surface area contributed by atoms with Crippen LogP contribution in [0.15, 0.2) is 24.3 Å². The third-order valence-electron chi connectivity index (χ3n) is 5.22. The van der Waals surface area contributed by atoms with Crippen LogP contribution in [0, 0.1) is 0 Å². The number of methoxy groups -OCH3 is 3. The fourth-order valence-electron chi connectivity index (χ4n) is 3.79. The van der Waals surface area contributed by atoms with Crippen molar-refractivity contribution < 1.29 is 23.7 Å². The van der Waals surface area contributed by atoms with E-state index in [0.29, 0.717) is 17.6 Å². The molecule has 0 N–H and O–H groups in total. The molecule has 1 heterocycles. The van der Waals surface area contributed by atoms with E-state index in [1.165, 1.54) is 22.3 Å². The number of rotatable bonds is 9. The Balaban J connectivity index is 1.51. The van der Waals surface area contributed by atoms with Crippen molar-refractivity contribution in [3.8, 4) is 28.4 Å². The molecule has 2 aromatic rings. The summed E-state index contributed by atoms with van der Waals surface area (Å²) in [5.74, 6) is 2.12. The Morgan fingerprint density at radius 3 is 2.52 bits per heavy atom. The first-order chi connectivity index (χ1) is 13.2. The van der Waals surface area contributed by atoms with Crippen LogP contribution in [-0.4, -0.2) is 47.3 Å². The first-order valence-electron chi connectivity index (χ1n) is 9.38. The zero-order valence-corrected chi connectivity index (χ0v) is 16.2. The Morgan fingerprint density at radius 2 is 1.81 bits per heavy atom. The van der Waals surface area contributed by atoms with Crippen molar-refractivity contribution in [2.45, 2.75) is 25.4 Å². The van der Waals surface area contributed by atoms with Gasteiger partial charge in [-0.25, -0.2) is 0 Å². The molecule has 2 aromatic carbocycles. The maximum atomic E-state index is 5.67. The van der Waals surface area contributed by atoms with E-state index >= 15 is 0 Å². The van der Waals surface area contributed by atoms with Gasteiger partial charge in [-0.1, -0.05) is 18.2 Å². The average molecular weight is 370 g/mol. The molecule has 1 saturated heterocycles. The largest absolute Gasteiger partial charge is 0.493 e. The fraction of sp³-hybridized carbons (Fsp3) is 0.455. The average Bonchev–Trinajstić information content (AvgIpc) is 3.45. The van der Waals surface area contributed by atoms with E-state index in [0.717, 1.165) is 50.4 Å². The van der Waals surface area contributed by atoms with Gasteiger partial charge in [-0.05, 0) is 41.2 Å². The molecule has 27 heavy (non-hydrogen) atoms. The van der Waals surface area contributed by atoms with Gasteiger partial charge in [0.25, 0.3) is 0 Å². The summed E-state index contributed by atoms with van der Waals surface area (Å²) in [6.07, 6.45) is 3.22. The summed E-state index contributed by atoms with van der Waals surface area (Å²) in [6.45, 7) is 2.35. The predicted molar refractivity (Wildman–Crippen MR) is 103 cm³/mol. The number of hydrogen-bond acceptors (Lipinski definition) is 5. The fourth-order valence-corrected chi connectivity index (χ4v) is 3.79.